The molecule has 1 amide bonds. The summed E-state index contributed by atoms with van der Waals surface area (Å²) in [6.07, 6.45) is 1.54. The number of aryl methyl sites for hydroxylation is 1. The fourth-order valence-corrected chi connectivity index (χ4v) is 2.88. The van der Waals surface area contributed by atoms with E-state index in [9.17, 15) is 9.59 Å². The highest BCUT2D eigenvalue weighted by Gasteiger charge is 2.15. The van der Waals surface area contributed by atoms with Gasteiger partial charge in [0.15, 0.2) is 6.61 Å². The molecule has 0 atom stereocenters. The first-order valence-electron chi connectivity index (χ1n) is 9.32. The second kappa shape index (κ2) is 8.57. The summed E-state index contributed by atoms with van der Waals surface area (Å²) in [6.45, 7) is 1.77. The fourth-order valence-electron chi connectivity index (χ4n) is 2.88. The molecule has 7 nitrogen and oxygen atoms in total. The molecule has 0 unspecified atom stereocenters. The van der Waals surface area contributed by atoms with Crippen LogP contribution >= 0.6 is 0 Å². The monoisotopic (exact) mass is 405 g/mol. The molecule has 2 heterocycles. The highest BCUT2D eigenvalue weighted by Crippen LogP contribution is 2.27. The van der Waals surface area contributed by atoms with Crippen molar-refractivity contribution in [3.05, 3.63) is 88.7 Å². The van der Waals surface area contributed by atoms with Gasteiger partial charge in [0.05, 0.1) is 18.2 Å². The van der Waals surface area contributed by atoms with Crippen LogP contribution in [-0.4, -0.2) is 12.5 Å². The van der Waals surface area contributed by atoms with Crippen molar-refractivity contribution < 1.29 is 23.1 Å². The standard InChI is InChI=1S/C23H19NO6/c1-15-23(30-16-6-3-2-4-7-16)22(26)19-10-9-17(12-20(19)29-15)28-14-21(25)24-13-18-8-5-11-27-18/h2-12H,13-14H2,1H3,(H,24,25). The average molecular weight is 405 g/mol. The molecule has 2 aromatic heterocycles. The lowest BCUT2D eigenvalue weighted by molar-refractivity contribution is -0.123. The molecule has 0 fully saturated rings. The molecule has 0 aliphatic heterocycles. The number of amides is 1. The Morgan fingerprint density at radius 1 is 1.03 bits per heavy atom. The highest BCUT2D eigenvalue weighted by molar-refractivity contribution is 5.80. The van der Waals surface area contributed by atoms with Gasteiger partial charge in [-0.3, -0.25) is 9.59 Å². The summed E-state index contributed by atoms with van der Waals surface area (Å²) >= 11 is 0. The minimum absolute atomic E-state index is 0.139. The number of benzene rings is 2. The van der Waals surface area contributed by atoms with Crippen molar-refractivity contribution >= 4 is 16.9 Å². The summed E-state index contributed by atoms with van der Waals surface area (Å²) in [5.74, 6) is 1.81. The van der Waals surface area contributed by atoms with Gasteiger partial charge in [-0.25, -0.2) is 0 Å². The Morgan fingerprint density at radius 2 is 1.87 bits per heavy atom. The van der Waals surface area contributed by atoms with Crippen LogP contribution in [0.25, 0.3) is 11.0 Å². The van der Waals surface area contributed by atoms with Gasteiger partial charge in [0.2, 0.25) is 11.2 Å². The van der Waals surface area contributed by atoms with Crippen molar-refractivity contribution in [1.82, 2.24) is 5.32 Å². The molecule has 0 aliphatic carbocycles. The van der Waals surface area contributed by atoms with Gasteiger partial charge in [0, 0.05) is 6.07 Å². The van der Waals surface area contributed by atoms with Gasteiger partial charge in [-0.2, -0.15) is 0 Å². The summed E-state index contributed by atoms with van der Waals surface area (Å²) in [5.41, 5.74) is 0.0757. The maximum Gasteiger partial charge on any atom is 0.258 e. The second-order valence-corrected chi connectivity index (χ2v) is 6.53. The Kier molecular flexibility index (Phi) is 5.52. The van der Waals surface area contributed by atoms with Gasteiger partial charge in [-0.05, 0) is 43.3 Å². The first kappa shape index (κ1) is 19.3. The molecule has 0 bridgehead atoms. The highest BCUT2D eigenvalue weighted by atomic mass is 16.5. The van der Waals surface area contributed by atoms with Crippen LogP contribution in [0.5, 0.6) is 17.2 Å². The first-order valence-corrected chi connectivity index (χ1v) is 9.32. The lowest BCUT2D eigenvalue weighted by Gasteiger charge is -2.10. The molecule has 0 saturated heterocycles. The van der Waals surface area contributed by atoms with Crippen molar-refractivity contribution in [3.63, 3.8) is 0 Å². The number of nitrogens with one attached hydrogen (secondary N) is 1. The Bertz CT molecular complexity index is 1210. The SMILES string of the molecule is Cc1oc2cc(OCC(=O)NCc3ccco3)ccc2c(=O)c1Oc1ccccc1. The minimum Gasteiger partial charge on any atom is -0.484 e. The third-order valence-electron chi connectivity index (χ3n) is 4.36. The number of hydrogen-bond acceptors (Lipinski definition) is 6. The van der Waals surface area contributed by atoms with E-state index in [2.05, 4.69) is 5.32 Å². The van der Waals surface area contributed by atoms with E-state index in [1.807, 2.05) is 18.2 Å². The molecule has 7 heteroatoms. The quantitative estimate of drug-likeness (QED) is 0.496. The third kappa shape index (κ3) is 4.35. The van der Waals surface area contributed by atoms with Gasteiger partial charge in [0.1, 0.15) is 28.6 Å². The fraction of sp³-hybridized carbons (Fsp3) is 0.130. The zero-order valence-corrected chi connectivity index (χ0v) is 16.2. The zero-order chi connectivity index (χ0) is 20.9. The second-order valence-electron chi connectivity index (χ2n) is 6.53. The number of ether oxygens (including phenoxy) is 2. The molecule has 4 aromatic rings. The summed E-state index contributed by atoms with van der Waals surface area (Å²) in [4.78, 5) is 24.8. The van der Waals surface area contributed by atoms with Crippen molar-refractivity contribution in [2.24, 2.45) is 0 Å². The largest absolute Gasteiger partial charge is 0.484 e. The summed E-state index contributed by atoms with van der Waals surface area (Å²) in [5, 5.41) is 3.06. The molecule has 0 aliphatic rings. The minimum atomic E-state index is -0.296. The van der Waals surface area contributed by atoms with Gasteiger partial charge in [-0.1, -0.05) is 18.2 Å². The van der Waals surface area contributed by atoms with Gasteiger partial charge in [-0.15, -0.1) is 0 Å². The molecule has 2 aromatic carbocycles. The van der Waals surface area contributed by atoms with Crippen molar-refractivity contribution in [2.45, 2.75) is 13.5 Å². The molecule has 4 rings (SSSR count). The van der Waals surface area contributed by atoms with Crippen LogP contribution in [0.3, 0.4) is 0 Å². The molecular formula is C23H19NO6. The molecule has 1 N–H and O–H groups in total. The predicted octanol–water partition coefficient (Wildman–Crippen LogP) is 4.18. The molecule has 0 radical (unpaired) electrons. The molecule has 0 saturated carbocycles. The topological polar surface area (TPSA) is 90.9 Å². The molecular weight excluding hydrogens is 386 g/mol. The Balaban J connectivity index is 1.47. The van der Waals surface area contributed by atoms with Crippen LogP contribution in [0.15, 0.2) is 80.6 Å². The van der Waals surface area contributed by atoms with E-state index in [0.29, 0.717) is 34.0 Å². The number of carbonyl (C=O) groups is 1. The maximum absolute atomic E-state index is 12.8. The lowest BCUT2D eigenvalue weighted by atomic mass is 10.2. The van der Waals surface area contributed by atoms with Crippen LogP contribution < -0.4 is 20.2 Å². The predicted molar refractivity (Wildman–Crippen MR) is 110 cm³/mol. The summed E-state index contributed by atoms with van der Waals surface area (Å²) in [6, 6.07) is 17.3. The molecule has 152 valence electrons. The summed E-state index contributed by atoms with van der Waals surface area (Å²) in [7, 11) is 0. The van der Waals surface area contributed by atoms with E-state index >= 15 is 0 Å². The smallest absolute Gasteiger partial charge is 0.258 e. The maximum atomic E-state index is 12.8. The zero-order valence-electron chi connectivity index (χ0n) is 16.2. The van der Waals surface area contributed by atoms with E-state index < -0.39 is 0 Å². The van der Waals surface area contributed by atoms with Crippen LogP contribution in [0.1, 0.15) is 11.5 Å². The number of furan rings is 1. The van der Waals surface area contributed by atoms with E-state index in [1.165, 1.54) is 0 Å². The first-order chi connectivity index (χ1) is 14.6. The van der Waals surface area contributed by atoms with Crippen LogP contribution in [0.4, 0.5) is 0 Å². The third-order valence-corrected chi connectivity index (χ3v) is 4.36. The van der Waals surface area contributed by atoms with E-state index in [0.717, 1.165) is 0 Å². The van der Waals surface area contributed by atoms with Crippen molar-refractivity contribution in [3.8, 4) is 17.2 Å². The molecule has 0 spiro atoms. The van der Waals surface area contributed by atoms with Crippen LogP contribution in [0, 0.1) is 6.92 Å². The van der Waals surface area contributed by atoms with Gasteiger partial charge < -0.3 is 23.6 Å². The number of rotatable bonds is 7. The normalized spacial score (nSPS) is 10.7. The Labute approximate surface area is 171 Å². The van der Waals surface area contributed by atoms with Crippen molar-refractivity contribution in [1.29, 1.82) is 0 Å². The van der Waals surface area contributed by atoms with E-state index in [4.69, 9.17) is 18.3 Å². The van der Waals surface area contributed by atoms with E-state index in [-0.39, 0.29) is 30.2 Å². The lowest BCUT2D eigenvalue weighted by Crippen LogP contribution is -2.28. The number of hydrogen-bond donors (Lipinski definition) is 1. The van der Waals surface area contributed by atoms with Crippen LogP contribution in [-0.2, 0) is 11.3 Å². The number of carbonyl (C=O) groups excluding carboxylic acids is 1. The van der Waals surface area contributed by atoms with Gasteiger partial charge >= 0.3 is 0 Å². The van der Waals surface area contributed by atoms with Crippen LogP contribution in [0.2, 0.25) is 0 Å². The molecule has 30 heavy (non-hydrogen) atoms. The average Bonchev–Trinajstić information content (AvgIpc) is 3.28. The van der Waals surface area contributed by atoms with Crippen molar-refractivity contribution in [2.75, 3.05) is 6.61 Å². The van der Waals surface area contributed by atoms with Gasteiger partial charge in [0.25, 0.3) is 5.91 Å². The number of fused-ring (bicyclic) bond motifs is 1. The Hall–Kier alpha value is -4.00. The summed E-state index contributed by atoms with van der Waals surface area (Å²) < 4.78 is 22.2. The number of para-hydroxylation sites is 1. The van der Waals surface area contributed by atoms with E-state index in [1.54, 1.807) is 55.7 Å². The Morgan fingerprint density at radius 3 is 2.63 bits per heavy atom.